The molecule has 1 saturated heterocycles. The van der Waals surface area contributed by atoms with E-state index in [4.69, 9.17) is 0 Å². The lowest BCUT2D eigenvalue weighted by molar-refractivity contribution is -0.111. The van der Waals surface area contributed by atoms with E-state index in [0.717, 1.165) is 55.5 Å². The number of rotatable bonds is 6. The molecule has 1 unspecified atom stereocenters. The van der Waals surface area contributed by atoms with Crippen LogP contribution < -0.4 is 5.69 Å². The van der Waals surface area contributed by atoms with Gasteiger partial charge in [0, 0.05) is 30.3 Å². The number of allylic oxidation sites excluding steroid dienone is 4. The van der Waals surface area contributed by atoms with Gasteiger partial charge in [-0.3, -0.25) is 19.1 Å². The van der Waals surface area contributed by atoms with Gasteiger partial charge in [-0.05, 0) is 49.9 Å². The minimum atomic E-state index is -0.476. The maximum absolute atomic E-state index is 12.7. The number of hydrogen-bond donors (Lipinski definition) is 1. The van der Waals surface area contributed by atoms with E-state index in [1.807, 2.05) is 47.1 Å². The molecule has 1 atom stereocenters. The summed E-state index contributed by atoms with van der Waals surface area (Å²) in [5.74, 6) is -0.945. The zero-order valence-corrected chi connectivity index (χ0v) is 19.7. The Bertz CT molecular complexity index is 1390. The van der Waals surface area contributed by atoms with Crippen molar-refractivity contribution in [2.45, 2.75) is 31.7 Å². The summed E-state index contributed by atoms with van der Waals surface area (Å²) < 4.78 is 1.93. The van der Waals surface area contributed by atoms with Gasteiger partial charge in [0.15, 0.2) is 0 Å². The molecule has 0 spiro atoms. The highest BCUT2D eigenvalue weighted by atomic mass is 16.2. The number of aromatic nitrogens is 2. The maximum Gasteiger partial charge on any atom is 0.326 e. The van der Waals surface area contributed by atoms with E-state index in [1.54, 1.807) is 30.3 Å². The van der Waals surface area contributed by atoms with Crippen molar-refractivity contribution in [1.82, 2.24) is 14.5 Å². The van der Waals surface area contributed by atoms with E-state index in [1.165, 1.54) is 0 Å². The Morgan fingerprint density at radius 3 is 2.54 bits per heavy atom. The van der Waals surface area contributed by atoms with Crippen LogP contribution in [0.2, 0.25) is 0 Å². The molecule has 2 heterocycles. The molecule has 0 bridgehead atoms. The summed E-state index contributed by atoms with van der Waals surface area (Å²) in [6.07, 6.45) is 11.2. The molecule has 1 fully saturated rings. The van der Waals surface area contributed by atoms with Gasteiger partial charge in [-0.15, -0.1) is 0 Å². The topological polar surface area (TPSA) is 75.2 Å². The average molecular weight is 468 g/mol. The van der Waals surface area contributed by atoms with Gasteiger partial charge in [0.25, 0.3) is 0 Å². The third-order valence-corrected chi connectivity index (χ3v) is 6.88. The Balaban J connectivity index is 1.22. The monoisotopic (exact) mass is 467 g/mol. The summed E-state index contributed by atoms with van der Waals surface area (Å²) in [4.78, 5) is 43.3. The van der Waals surface area contributed by atoms with Crippen molar-refractivity contribution in [3.63, 3.8) is 0 Å². The zero-order valence-electron chi connectivity index (χ0n) is 19.7. The number of para-hydroxylation sites is 2. The molecule has 1 aliphatic carbocycles. The van der Waals surface area contributed by atoms with Crippen molar-refractivity contribution >= 4 is 22.6 Å². The van der Waals surface area contributed by atoms with Crippen LogP contribution in [-0.2, 0) is 4.79 Å². The lowest BCUT2D eigenvalue weighted by Gasteiger charge is -2.21. The second-order valence-corrected chi connectivity index (χ2v) is 9.21. The number of aromatic amines is 1. The highest BCUT2D eigenvalue weighted by molar-refractivity contribution is 6.49. The summed E-state index contributed by atoms with van der Waals surface area (Å²) >= 11 is 0. The molecule has 178 valence electrons. The molecule has 0 radical (unpaired) electrons. The van der Waals surface area contributed by atoms with Crippen LogP contribution in [0, 0.1) is 0 Å². The number of carbonyl (C=O) groups is 2. The number of benzene rings is 2. The van der Waals surface area contributed by atoms with Crippen LogP contribution in [0.15, 0.2) is 94.8 Å². The average Bonchev–Trinajstić information content (AvgIpc) is 3.05. The van der Waals surface area contributed by atoms with Crippen LogP contribution in [0.1, 0.15) is 42.1 Å². The predicted molar refractivity (Wildman–Crippen MR) is 138 cm³/mol. The van der Waals surface area contributed by atoms with Crippen LogP contribution >= 0.6 is 0 Å². The smallest absolute Gasteiger partial charge is 0.306 e. The maximum atomic E-state index is 12.7. The molecule has 6 heteroatoms. The number of hydrogen-bond acceptors (Lipinski definition) is 4. The van der Waals surface area contributed by atoms with E-state index in [0.29, 0.717) is 17.6 Å². The first-order chi connectivity index (χ1) is 17.1. The lowest BCUT2D eigenvalue weighted by atomic mass is 10.0. The molecule has 2 aromatic carbocycles. The quantitative estimate of drug-likeness (QED) is 0.424. The van der Waals surface area contributed by atoms with E-state index in [2.05, 4.69) is 16.0 Å². The fourth-order valence-electron chi connectivity index (χ4n) is 5.06. The molecule has 2 aliphatic rings. The number of nitrogens with zero attached hydrogens (tertiary/aromatic N) is 2. The second-order valence-electron chi connectivity index (χ2n) is 9.21. The molecule has 6 nitrogen and oxygen atoms in total. The summed E-state index contributed by atoms with van der Waals surface area (Å²) in [5, 5.41) is 0. The third kappa shape index (κ3) is 5.03. The number of carbonyl (C=O) groups excluding carboxylic acids is 2. The van der Waals surface area contributed by atoms with Crippen LogP contribution in [0.3, 0.4) is 0 Å². The molecule has 35 heavy (non-hydrogen) atoms. The van der Waals surface area contributed by atoms with Gasteiger partial charge in [-0.2, -0.15) is 0 Å². The molecule has 1 aromatic heterocycles. The van der Waals surface area contributed by atoms with Crippen molar-refractivity contribution in [3.8, 4) is 0 Å². The second kappa shape index (κ2) is 10.2. The van der Waals surface area contributed by atoms with Gasteiger partial charge < -0.3 is 4.98 Å². The van der Waals surface area contributed by atoms with Crippen molar-refractivity contribution < 1.29 is 9.59 Å². The van der Waals surface area contributed by atoms with E-state index >= 15 is 0 Å². The first-order valence-electron chi connectivity index (χ1n) is 12.2. The number of imidazole rings is 1. The van der Waals surface area contributed by atoms with E-state index in [-0.39, 0.29) is 11.7 Å². The minimum Gasteiger partial charge on any atom is -0.306 e. The summed E-state index contributed by atoms with van der Waals surface area (Å²) in [6, 6.07) is 16.7. The molecule has 1 aliphatic heterocycles. The van der Waals surface area contributed by atoms with E-state index in [9.17, 15) is 14.4 Å². The first-order valence-corrected chi connectivity index (χ1v) is 12.2. The molecule has 1 N–H and O–H groups in total. The van der Waals surface area contributed by atoms with Crippen LogP contribution in [0.4, 0.5) is 0 Å². The third-order valence-electron chi connectivity index (χ3n) is 6.88. The summed E-state index contributed by atoms with van der Waals surface area (Å²) in [5.41, 5.74) is 3.82. The normalized spacial score (nSPS) is 19.0. The van der Waals surface area contributed by atoms with Crippen molar-refractivity contribution in [1.29, 1.82) is 0 Å². The Labute approximate surface area is 204 Å². The zero-order chi connectivity index (χ0) is 24.2. The number of H-pyrrole nitrogens is 1. The largest absolute Gasteiger partial charge is 0.326 e. The number of Topliss-reactive ketones (excluding diaryl/α,β-unsaturated/α-hetero) is 2. The molecular formula is C29H29N3O3. The van der Waals surface area contributed by atoms with Crippen molar-refractivity contribution in [3.05, 3.63) is 106 Å². The molecule has 0 saturated carbocycles. The van der Waals surface area contributed by atoms with Crippen LogP contribution in [-0.4, -0.2) is 45.7 Å². The van der Waals surface area contributed by atoms with Gasteiger partial charge in [0.05, 0.1) is 11.0 Å². The highest BCUT2D eigenvalue weighted by Crippen LogP contribution is 2.26. The fourth-order valence-corrected chi connectivity index (χ4v) is 5.06. The van der Waals surface area contributed by atoms with Crippen LogP contribution in [0.25, 0.3) is 11.0 Å². The molecule has 5 rings (SSSR count). The van der Waals surface area contributed by atoms with Crippen LogP contribution in [0.5, 0.6) is 0 Å². The lowest BCUT2D eigenvalue weighted by Crippen LogP contribution is -2.28. The number of ketones is 2. The first kappa shape index (κ1) is 23.0. The highest BCUT2D eigenvalue weighted by Gasteiger charge is 2.23. The minimum absolute atomic E-state index is 0.0348. The molecule has 3 aromatic rings. The summed E-state index contributed by atoms with van der Waals surface area (Å²) in [7, 11) is 0. The predicted octanol–water partition coefficient (Wildman–Crippen LogP) is 4.62. The number of nitrogens with one attached hydrogen (secondary N) is 1. The van der Waals surface area contributed by atoms with Crippen molar-refractivity contribution in [2.75, 3.05) is 19.6 Å². The van der Waals surface area contributed by atoms with Gasteiger partial charge >= 0.3 is 5.69 Å². The van der Waals surface area contributed by atoms with Gasteiger partial charge in [0.2, 0.25) is 11.6 Å². The fraction of sp³-hybridized carbons (Fsp3) is 0.276. The summed E-state index contributed by atoms with van der Waals surface area (Å²) in [6.45, 7) is 2.64. The Kier molecular flexibility index (Phi) is 6.73. The number of likely N-dealkylation sites (tertiary alicyclic amines) is 1. The van der Waals surface area contributed by atoms with Gasteiger partial charge in [0.1, 0.15) is 0 Å². The van der Waals surface area contributed by atoms with Crippen molar-refractivity contribution in [2.24, 2.45) is 0 Å². The Morgan fingerprint density at radius 1 is 0.886 bits per heavy atom. The van der Waals surface area contributed by atoms with Gasteiger partial charge in [-0.1, -0.05) is 66.8 Å². The Morgan fingerprint density at radius 2 is 1.69 bits per heavy atom. The SMILES string of the molecule is O=C(C(=O)c1ccccc1)C1=CCC=C(CN2CCCC(n3c(=O)[nH]c4ccccc43)CC2)C=C1. The number of fused-ring (bicyclic) bond motifs is 1. The van der Waals surface area contributed by atoms with E-state index < -0.39 is 11.6 Å². The standard InChI is InChI=1S/C29H29N3O3/c33-27(22-9-2-1-3-10-22)28(34)23-11-6-8-21(15-16-23)20-31-18-7-12-24(17-19-31)32-26-14-5-4-13-25(26)30-29(32)35/h1-5,8-11,13-16,24H,6-7,12,17-20H2,(H,30,35). The molecule has 0 amide bonds. The Hall–Kier alpha value is -3.77. The molecular weight excluding hydrogens is 438 g/mol. The van der Waals surface area contributed by atoms with Gasteiger partial charge in [-0.25, -0.2) is 4.79 Å².